The Hall–Kier alpha value is -1.14. The highest BCUT2D eigenvalue weighted by Gasteiger charge is 2.11. The highest BCUT2D eigenvalue weighted by atomic mass is 16.5. The maximum atomic E-state index is 5.49. The van der Waals surface area contributed by atoms with Gasteiger partial charge >= 0.3 is 6.01 Å². The van der Waals surface area contributed by atoms with Crippen molar-refractivity contribution in [2.45, 2.75) is 39.7 Å². The zero-order valence-electron chi connectivity index (χ0n) is 11.5. The van der Waals surface area contributed by atoms with Gasteiger partial charge in [-0.2, -0.15) is 0 Å². The molecule has 1 rings (SSSR count). The van der Waals surface area contributed by atoms with Gasteiger partial charge in [0, 0.05) is 19.8 Å². The average Bonchev–Trinajstić information content (AvgIpc) is 2.83. The van der Waals surface area contributed by atoms with Gasteiger partial charge in [0.2, 0.25) is 5.89 Å². The Bertz CT molecular complexity index is 317. The van der Waals surface area contributed by atoms with E-state index in [1.165, 1.54) is 0 Å². The van der Waals surface area contributed by atoms with Crippen molar-refractivity contribution < 1.29 is 9.15 Å². The van der Waals surface area contributed by atoms with Gasteiger partial charge < -0.3 is 19.8 Å². The van der Waals surface area contributed by atoms with Crippen LogP contribution in [-0.2, 0) is 4.74 Å². The minimum absolute atomic E-state index is 0.0888. The molecule has 0 bridgehead atoms. The molecule has 6 heteroatoms. The summed E-state index contributed by atoms with van der Waals surface area (Å²) in [6.07, 6.45) is 1.99. The van der Waals surface area contributed by atoms with E-state index >= 15 is 0 Å². The lowest BCUT2D eigenvalue weighted by molar-refractivity contribution is 0.134. The lowest BCUT2D eigenvalue weighted by Gasteiger charge is -2.06. The van der Waals surface area contributed by atoms with E-state index in [9.17, 15) is 0 Å². The molecule has 18 heavy (non-hydrogen) atoms. The second kappa shape index (κ2) is 8.88. The highest BCUT2D eigenvalue weighted by Crippen LogP contribution is 2.13. The molecule has 1 aromatic rings. The molecule has 1 atom stereocenters. The number of nitrogens with zero attached hydrogens (tertiary/aromatic N) is 2. The Balaban J connectivity index is 2.19. The van der Waals surface area contributed by atoms with Crippen LogP contribution in [0.4, 0.5) is 6.01 Å². The fraction of sp³-hybridized carbons (Fsp3) is 0.833. The fourth-order valence-electron chi connectivity index (χ4n) is 1.49. The number of nitrogens with one attached hydrogen (secondary N) is 2. The van der Waals surface area contributed by atoms with Crippen LogP contribution in [-0.4, -0.2) is 36.5 Å². The normalized spacial score (nSPS) is 12.6. The lowest BCUT2D eigenvalue weighted by Crippen LogP contribution is -2.17. The zero-order valence-corrected chi connectivity index (χ0v) is 11.5. The third-order valence-corrected chi connectivity index (χ3v) is 2.41. The Labute approximate surface area is 108 Å². The van der Waals surface area contributed by atoms with Crippen LogP contribution in [0.2, 0.25) is 0 Å². The van der Waals surface area contributed by atoms with Gasteiger partial charge in [-0.25, -0.2) is 0 Å². The molecule has 0 aliphatic carbocycles. The standard InChI is InChI=1S/C12H24N4O2/c1-4-8-17-9-6-7-14-12-16-15-11(18-12)10(3)13-5-2/h10,13H,4-9H2,1-3H3,(H,14,16). The molecule has 1 unspecified atom stereocenters. The quantitative estimate of drug-likeness (QED) is 0.624. The maximum absolute atomic E-state index is 5.49. The van der Waals surface area contributed by atoms with Gasteiger partial charge in [-0.1, -0.05) is 18.9 Å². The topological polar surface area (TPSA) is 72.2 Å². The third kappa shape index (κ3) is 5.46. The van der Waals surface area contributed by atoms with E-state index in [4.69, 9.17) is 9.15 Å². The van der Waals surface area contributed by atoms with Crippen molar-refractivity contribution in [3.8, 4) is 0 Å². The van der Waals surface area contributed by atoms with E-state index in [0.717, 1.165) is 39.1 Å². The van der Waals surface area contributed by atoms with Crippen molar-refractivity contribution in [3.05, 3.63) is 5.89 Å². The summed E-state index contributed by atoms with van der Waals surface area (Å²) >= 11 is 0. The first-order valence-corrected chi connectivity index (χ1v) is 6.66. The van der Waals surface area contributed by atoms with Gasteiger partial charge in [0.05, 0.1) is 6.04 Å². The van der Waals surface area contributed by atoms with E-state index in [-0.39, 0.29) is 6.04 Å². The monoisotopic (exact) mass is 256 g/mol. The predicted molar refractivity (Wildman–Crippen MR) is 70.6 cm³/mol. The first-order valence-electron chi connectivity index (χ1n) is 6.66. The second-order valence-corrected chi connectivity index (χ2v) is 4.12. The summed E-state index contributed by atoms with van der Waals surface area (Å²) in [5.41, 5.74) is 0. The molecule has 6 nitrogen and oxygen atoms in total. The van der Waals surface area contributed by atoms with Gasteiger partial charge in [0.1, 0.15) is 0 Å². The summed E-state index contributed by atoms with van der Waals surface area (Å²) in [6.45, 7) is 9.38. The van der Waals surface area contributed by atoms with Crippen LogP contribution in [0.25, 0.3) is 0 Å². The van der Waals surface area contributed by atoms with Crippen LogP contribution in [0.5, 0.6) is 0 Å². The Morgan fingerprint density at radius 3 is 2.83 bits per heavy atom. The second-order valence-electron chi connectivity index (χ2n) is 4.12. The minimum Gasteiger partial charge on any atom is -0.406 e. The summed E-state index contributed by atoms with van der Waals surface area (Å²) in [5, 5.41) is 14.2. The molecule has 0 radical (unpaired) electrons. The van der Waals surface area contributed by atoms with Crippen molar-refractivity contribution in [2.24, 2.45) is 0 Å². The molecule has 0 fully saturated rings. The number of hydrogen-bond donors (Lipinski definition) is 2. The van der Waals surface area contributed by atoms with Crippen LogP contribution in [0.15, 0.2) is 4.42 Å². The molecule has 104 valence electrons. The summed E-state index contributed by atoms with van der Waals surface area (Å²) in [7, 11) is 0. The minimum atomic E-state index is 0.0888. The molecule has 0 saturated carbocycles. The maximum Gasteiger partial charge on any atom is 0.315 e. The summed E-state index contributed by atoms with van der Waals surface area (Å²) < 4.78 is 10.9. The smallest absolute Gasteiger partial charge is 0.315 e. The number of rotatable bonds is 10. The van der Waals surface area contributed by atoms with Gasteiger partial charge in [0.15, 0.2) is 0 Å². The van der Waals surface area contributed by atoms with Gasteiger partial charge in [-0.15, -0.1) is 5.10 Å². The summed E-state index contributed by atoms with van der Waals surface area (Å²) in [4.78, 5) is 0. The van der Waals surface area contributed by atoms with Crippen LogP contribution in [0.3, 0.4) is 0 Å². The lowest BCUT2D eigenvalue weighted by atomic mass is 10.3. The zero-order chi connectivity index (χ0) is 13.2. The van der Waals surface area contributed by atoms with Crippen molar-refractivity contribution in [1.29, 1.82) is 0 Å². The van der Waals surface area contributed by atoms with E-state index in [1.54, 1.807) is 0 Å². The number of anilines is 1. The van der Waals surface area contributed by atoms with Crippen molar-refractivity contribution in [2.75, 3.05) is 31.6 Å². The van der Waals surface area contributed by atoms with Gasteiger partial charge in [0.25, 0.3) is 0 Å². The van der Waals surface area contributed by atoms with Gasteiger partial charge in [-0.3, -0.25) is 0 Å². The molecule has 0 aliphatic rings. The van der Waals surface area contributed by atoms with Crippen LogP contribution in [0, 0.1) is 0 Å². The molecule has 1 aromatic heterocycles. The molecular weight excluding hydrogens is 232 g/mol. The Morgan fingerprint density at radius 1 is 1.28 bits per heavy atom. The molecule has 0 aliphatic heterocycles. The number of hydrogen-bond acceptors (Lipinski definition) is 6. The average molecular weight is 256 g/mol. The number of aromatic nitrogens is 2. The van der Waals surface area contributed by atoms with E-state index < -0.39 is 0 Å². The molecule has 0 amide bonds. The Kier molecular flexibility index (Phi) is 7.36. The Morgan fingerprint density at radius 2 is 2.11 bits per heavy atom. The fourth-order valence-corrected chi connectivity index (χ4v) is 1.49. The van der Waals surface area contributed by atoms with E-state index in [0.29, 0.717) is 11.9 Å². The molecule has 0 saturated heterocycles. The summed E-state index contributed by atoms with van der Waals surface area (Å²) in [6, 6.07) is 0.566. The first-order chi connectivity index (χ1) is 8.77. The number of ether oxygens (including phenoxy) is 1. The van der Waals surface area contributed by atoms with Crippen LogP contribution in [0.1, 0.15) is 45.5 Å². The van der Waals surface area contributed by atoms with Crippen molar-refractivity contribution >= 4 is 6.01 Å². The summed E-state index contributed by atoms with van der Waals surface area (Å²) in [5.74, 6) is 0.613. The van der Waals surface area contributed by atoms with E-state index in [2.05, 4.69) is 27.8 Å². The van der Waals surface area contributed by atoms with Gasteiger partial charge in [-0.05, 0) is 26.3 Å². The SMILES string of the molecule is CCCOCCCNc1nnc(C(C)NCC)o1. The van der Waals surface area contributed by atoms with E-state index in [1.807, 2.05) is 13.8 Å². The largest absolute Gasteiger partial charge is 0.406 e. The molecular formula is C12H24N4O2. The molecule has 0 spiro atoms. The predicted octanol–water partition coefficient (Wildman–Crippen LogP) is 1.97. The molecule has 2 N–H and O–H groups in total. The van der Waals surface area contributed by atoms with Crippen molar-refractivity contribution in [3.63, 3.8) is 0 Å². The third-order valence-electron chi connectivity index (χ3n) is 2.41. The highest BCUT2D eigenvalue weighted by molar-refractivity contribution is 5.16. The van der Waals surface area contributed by atoms with Crippen LogP contribution >= 0.6 is 0 Å². The van der Waals surface area contributed by atoms with Crippen molar-refractivity contribution in [1.82, 2.24) is 15.5 Å². The first kappa shape index (κ1) is 14.9. The van der Waals surface area contributed by atoms with Crippen LogP contribution < -0.4 is 10.6 Å². The molecule has 1 heterocycles. The molecule has 0 aromatic carbocycles.